The first-order chi connectivity index (χ1) is 8.58. The fourth-order valence-corrected chi connectivity index (χ4v) is 1.48. The van der Waals surface area contributed by atoms with Crippen LogP contribution >= 0.6 is 0 Å². The molecule has 0 bridgehead atoms. The van der Waals surface area contributed by atoms with E-state index >= 15 is 0 Å². The lowest BCUT2D eigenvalue weighted by molar-refractivity contribution is -0.121. The monoisotopic (exact) mass is 252 g/mol. The molecule has 0 aliphatic heterocycles. The average Bonchev–Trinajstić information content (AvgIpc) is 2.34. The van der Waals surface area contributed by atoms with E-state index in [4.69, 9.17) is 0 Å². The highest BCUT2D eigenvalue weighted by atomic mass is 19.1. The van der Waals surface area contributed by atoms with Crippen molar-refractivity contribution in [1.82, 2.24) is 10.6 Å². The van der Waals surface area contributed by atoms with Gasteiger partial charge >= 0.3 is 0 Å². The van der Waals surface area contributed by atoms with Gasteiger partial charge in [0.2, 0.25) is 5.91 Å². The number of hydrogen-bond donors (Lipinski definition) is 2. The second-order valence-corrected chi connectivity index (χ2v) is 4.75. The highest BCUT2D eigenvalue weighted by Crippen LogP contribution is 2.02. The number of carbonyl (C=O) groups is 1. The van der Waals surface area contributed by atoms with Crippen LogP contribution in [0.15, 0.2) is 24.3 Å². The van der Waals surface area contributed by atoms with E-state index < -0.39 is 0 Å². The van der Waals surface area contributed by atoms with Crippen molar-refractivity contribution < 1.29 is 9.18 Å². The molecule has 4 heteroatoms. The Kier molecular flexibility index (Phi) is 6.36. The Balaban J connectivity index is 2.15. The first kappa shape index (κ1) is 14.6. The fourth-order valence-electron chi connectivity index (χ4n) is 1.48. The minimum atomic E-state index is -0.261. The van der Waals surface area contributed by atoms with Gasteiger partial charge in [0, 0.05) is 19.5 Å². The molecule has 3 nitrogen and oxygen atoms in total. The molecule has 0 aromatic heterocycles. The zero-order valence-corrected chi connectivity index (χ0v) is 11.0. The zero-order chi connectivity index (χ0) is 13.4. The second kappa shape index (κ2) is 7.82. The third kappa shape index (κ3) is 6.35. The summed E-state index contributed by atoms with van der Waals surface area (Å²) in [5.41, 5.74) is 0.903. The molecule has 18 heavy (non-hydrogen) atoms. The number of hydrogen-bond acceptors (Lipinski definition) is 2. The molecule has 0 fully saturated rings. The van der Waals surface area contributed by atoms with E-state index in [0.29, 0.717) is 25.4 Å². The van der Waals surface area contributed by atoms with E-state index in [1.54, 1.807) is 12.1 Å². The topological polar surface area (TPSA) is 41.1 Å². The van der Waals surface area contributed by atoms with Gasteiger partial charge in [-0.3, -0.25) is 4.79 Å². The third-order valence-corrected chi connectivity index (χ3v) is 2.48. The number of nitrogens with one attached hydrogen (secondary N) is 2. The van der Waals surface area contributed by atoms with Crippen LogP contribution in [0.1, 0.15) is 25.8 Å². The summed E-state index contributed by atoms with van der Waals surface area (Å²) in [7, 11) is 0. The molecular weight excluding hydrogens is 231 g/mol. The van der Waals surface area contributed by atoms with Gasteiger partial charge in [-0.2, -0.15) is 0 Å². The van der Waals surface area contributed by atoms with Crippen LogP contribution < -0.4 is 10.6 Å². The van der Waals surface area contributed by atoms with E-state index in [1.807, 2.05) is 0 Å². The van der Waals surface area contributed by atoms with Gasteiger partial charge < -0.3 is 10.6 Å². The van der Waals surface area contributed by atoms with Gasteiger partial charge in [0.15, 0.2) is 0 Å². The Labute approximate surface area is 108 Å². The van der Waals surface area contributed by atoms with Gasteiger partial charge in [-0.25, -0.2) is 4.39 Å². The standard InChI is InChI=1S/C14H21FN2O/c1-11(2)9-16-8-7-14(18)17-10-12-3-5-13(15)6-4-12/h3-6,11,16H,7-10H2,1-2H3,(H,17,18). The van der Waals surface area contributed by atoms with E-state index in [1.165, 1.54) is 12.1 Å². The summed E-state index contributed by atoms with van der Waals surface area (Å²) in [5, 5.41) is 6.02. The van der Waals surface area contributed by atoms with Crippen LogP contribution in [0.5, 0.6) is 0 Å². The zero-order valence-electron chi connectivity index (χ0n) is 11.0. The van der Waals surface area contributed by atoms with Gasteiger partial charge in [-0.1, -0.05) is 26.0 Å². The molecule has 0 aliphatic rings. The minimum absolute atomic E-state index is 0.00980. The van der Waals surface area contributed by atoms with Crippen LogP contribution in [-0.4, -0.2) is 19.0 Å². The lowest BCUT2D eigenvalue weighted by atomic mass is 10.2. The lowest BCUT2D eigenvalue weighted by Crippen LogP contribution is -2.28. The number of amides is 1. The summed E-state index contributed by atoms with van der Waals surface area (Å²) in [6.45, 7) is 6.31. The average molecular weight is 252 g/mol. The maximum absolute atomic E-state index is 12.7. The predicted molar refractivity (Wildman–Crippen MR) is 70.6 cm³/mol. The molecule has 1 amide bonds. The molecule has 0 aliphatic carbocycles. The van der Waals surface area contributed by atoms with Crippen LogP contribution in [0.3, 0.4) is 0 Å². The van der Waals surface area contributed by atoms with Crippen molar-refractivity contribution in [2.24, 2.45) is 5.92 Å². The summed E-state index contributed by atoms with van der Waals surface area (Å²) in [6.07, 6.45) is 0.466. The molecule has 0 saturated heterocycles. The minimum Gasteiger partial charge on any atom is -0.352 e. The highest BCUT2D eigenvalue weighted by molar-refractivity contribution is 5.76. The number of halogens is 1. The van der Waals surface area contributed by atoms with Crippen LogP contribution in [0, 0.1) is 11.7 Å². The Bertz CT molecular complexity index is 363. The number of carbonyl (C=O) groups excluding carboxylic acids is 1. The van der Waals surface area contributed by atoms with Gasteiger partial charge in [-0.15, -0.1) is 0 Å². The number of benzene rings is 1. The second-order valence-electron chi connectivity index (χ2n) is 4.75. The van der Waals surface area contributed by atoms with Gasteiger partial charge in [0.25, 0.3) is 0 Å². The first-order valence-electron chi connectivity index (χ1n) is 6.30. The van der Waals surface area contributed by atoms with Gasteiger partial charge in [0.05, 0.1) is 0 Å². The van der Waals surface area contributed by atoms with Crippen molar-refractivity contribution >= 4 is 5.91 Å². The maximum Gasteiger partial charge on any atom is 0.221 e. The Hall–Kier alpha value is -1.42. The molecule has 0 saturated carbocycles. The molecule has 0 radical (unpaired) electrons. The quantitative estimate of drug-likeness (QED) is 0.729. The van der Waals surface area contributed by atoms with E-state index in [9.17, 15) is 9.18 Å². The van der Waals surface area contributed by atoms with Crippen molar-refractivity contribution in [3.8, 4) is 0 Å². The molecule has 0 spiro atoms. The first-order valence-corrected chi connectivity index (χ1v) is 6.30. The molecule has 0 atom stereocenters. The molecule has 1 aromatic rings. The van der Waals surface area contributed by atoms with Crippen molar-refractivity contribution in [3.05, 3.63) is 35.6 Å². The van der Waals surface area contributed by atoms with Crippen LogP contribution in [-0.2, 0) is 11.3 Å². The summed E-state index contributed by atoms with van der Waals surface area (Å²) in [4.78, 5) is 11.5. The number of rotatable bonds is 7. The van der Waals surface area contributed by atoms with Crippen molar-refractivity contribution in [1.29, 1.82) is 0 Å². The van der Waals surface area contributed by atoms with Crippen LogP contribution in [0.4, 0.5) is 4.39 Å². The van der Waals surface area contributed by atoms with E-state index in [-0.39, 0.29) is 11.7 Å². The normalized spacial score (nSPS) is 10.7. The van der Waals surface area contributed by atoms with Crippen molar-refractivity contribution in [2.45, 2.75) is 26.8 Å². The summed E-state index contributed by atoms with van der Waals surface area (Å²) in [5.74, 6) is 0.339. The predicted octanol–water partition coefficient (Wildman–Crippen LogP) is 2.08. The SMILES string of the molecule is CC(C)CNCCC(=O)NCc1ccc(F)cc1. The van der Waals surface area contributed by atoms with E-state index in [2.05, 4.69) is 24.5 Å². The maximum atomic E-state index is 12.7. The largest absolute Gasteiger partial charge is 0.352 e. The molecular formula is C14H21FN2O. The summed E-state index contributed by atoms with van der Waals surface area (Å²) < 4.78 is 12.7. The molecule has 2 N–H and O–H groups in total. The smallest absolute Gasteiger partial charge is 0.221 e. The Morgan fingerprint density at radius 2 is 1.94 bits per heavy atom. The van der Waals surface area contributed by atoms with Crippen LogP contribution in [0.25, 0.3) is 0 Å². The molecule has 0 unspecified atom stereocenters. The fraction of sp³-hybridized carbons (Fsp3) is 0.500. The highest BCUT2D eigenvalue weighted by Gasteiger charge is 2.01. The van der Waals surface area contributed by atoms with Crippen molar-refractivity contribution in [2.75, 3.05) is 13.1 Å². The lowest BCUT2D eigenvalue weighted by Gasteiger charge is -2.08. The summed E-state index contributed by atoms with van der Waals surface area (Å²) in [6, 6.07) is 6.14. The van der Waals surface area contributed by atoms with Gasteiger partial charge in [0.1, 0.15) is 5.82 Å². The van der Waals surface area contributed by atoms with Crippen LogP contribution in [0.2, 0.25) is 0 Å². The summed E-state index contributed by atoms with van der Waals surface area (Å²) >= 11 is 0. The molecule has 100 valence electrons. The Morgan fingerprint density at radius 3 is 2.56 bits per heavy atom. The molecule has 1 rings (SSSR count). The third-order valence-electron chi connectivity index (χ3n) is 2.48. The molecule has 1 aromatic carbocycles. The Morgan fingerprint density at radius 1 is 1.28 bits per heavy atom. The van der Waals surface area contributed by atoms with E-state index in [0.717, 1.165) is 12.1 Å². The molecule has 0 heterocycles. The van der Waals surface area contributed by atoms with Gasteiger partial charge in [-0.05, 0) is 30.2 Å². The van der Waals surface area contributed by atoms with Crippen molar-refractivity contribution in [3.63, 3.8) is 0 Å².